The van der Waals surface area contributed by atoms with E-state index in [0.717, 1.165) is 22.2 Å². The zero-order chi connectivity index (χ0) is 18.6. The van der Waals surface area contributed by atoms with Crippen molar-refractivity contribution in [2.75, 3.05) is 18.0 Å². The van der Waals surface area contributed by atoms with Gasteiger partial charge in [0, 0.05) is 31.1 Å². The molecule has 0 radical (unpaired) electrons. The van der Waals surface area contributed by atoms with E-state index in [4.69, 9.17) is 0 Å². The summed E-state index contributed by atoms with van der Waals surface area (Å²) in [6.45, 7) is 1.14. The summed E-state index contributed by atoms with van der Waals surface area (Å²) in [4.78, 5) is 62.6. The molecular formula is C17H16N3O5P. The Kier molecular flexibility index (Phi) is 3.88. The van der Waals surface area contributed by atoms with Gasteiger partial charge in [0.05, 0.1) is 11.1 Å². The van der Waals surface area contributed by atoms with Crippen molar-refractivity contribution in [2.24, 2.45) is 5.92 Å². The smallest absolute Gasteiger partial charge is 0.262 e. The number of carbonyl (C=O) groups is 5. The highest BCUT2D eigenvalue weighted by Crippen LogP contribution is 2.32. The number of amides is 4. The van der Waals surface area contributed by atoms with Crippen molar-refractivity contribution >= 4 is 50.1 Å². The minimum Gasteiger partial charge on any atom is -0.369 e. The summed E-state index contributed by atoms with van der Waals surface area (Å²) in [5.74, 6) is -2.11. The third-order valence-electron chi connectivity index (χ3n) is 5.03. The number of aldehydes is 1. The van der Waals surface area contributed by atoms with Crippen molar-refractivity contribution in [2.45, 2.75) is 18.9 Å². The molecule has 9 heteroatoms. The van der Waals surface area contributed by atoms with E-state index in [1.165, 1.54) is 0 Å². The van der Waals surface area contributed by atoms with Gasteiger partial charge >= 0.3 is 0 Å². The largest absolute Gasteiger partial charge is 0.369 e. The lowest BCUT2D eigenvalue weighted by Crippen LogP contribution is -2.54. The summed E-state index contributed by atoms with van der Waals surface area (Å²) in [5, 5.41) is 2.92. The first-order chi connectivity index (χ1) is 12.4. The van der Waals surface area contributed by atoms with Crippen molar-refractivity contribution in [3.8, 4) is 0 Å². The molecule has 0 aromatic heterocycles. The molecule has 2 atom stereocenters. The zero-order valence-corrected chi connectivity index (χ0v) is 14.9. The van der Waals surface area contributed by atoms with E-state index in [-0.39, 0.29) is 29.9 Å². The Hall–Kier alpha value is -2.60. The number of benzene rings is 1. The highest BCUT2D eigenvalue weighted by molar-refractivity contribution is 7.28. The Labute approximate surface area is 151 Å². The molecule has 2 fully saturated rings. The van der Waals surface area contributed by atoms with Gasteiger partial charge in [-0.15, -0.1) is 9.24 Å². The number of nitrogens with zero attached hydrogens (tertiary/aromatic N) is 2. The standard InChI is InChI=1S/C17H16N3O5P/c21-7-8-5-19(6-8)12-3-9-10(4-13(12)26)17(25)20(16(9)24)11-1-2-14(22)18-15(11)23/h3-4,7-8,11H,1-2,5-6,26H2,(H,18,22,23). The van der Waals surface area contributed by atoms with E-state index in [1.807, 2.05) is 4.90 Å². The average Bonchev–Trinajstić information content (AvgIpc) is 2.78. The number of rotatable bonds is 3. The third kappa shape index (κ3) is 2.44. The Morgan fingerprint density at radius 3 is 2.35 bits per heavy atom. The van der Waals surface area contributed by atoms with Crippen LogP contribution in [0.2, 0.25) is 0 Å². The molecule has 0 saturated carbocycles. The summed E-state index contributed by atoms with van der Waals surface area (Å²) in [6, 6.07) is 2.29. The maximum atomic E-state index is 12.8. The lowest BCUT2D eigenvalue weighted by molar-refractivity contribution is -0.136. The predicted molar refractivity (Wildman–Crippen MR) is 94.2 cm³/mol. The molecule has 1 N–H and O–H groups in total. The number of anilines is 1. The SMILES string of the molecule is O=CC1CN(c2cc3c(cc2P)C(=O)N(C2CCC(=O)NC2=O)C3=O)C1. The van der Waals surface area contributed by atoms with Crippen LogP contribution >= 0.6 is 9.24 Å². The van der Waals surface area contributed by atoms with Crippen LogP contribution in [0.25, 0.3) is 0 Å². The van der Waals surface area contributed by atoms with Crippen LogP contribution in [0.3, 0.4) is 0 Å². The molecule has 3 aliphatic rings. The molecule has 0 spiro atoms. The van der Waals surface area contributed by atoms with Crippen LogP contribution < -0.4 is 15.5 Å². The third-order valence-corrected chi connectivity index (χ3v) is 5.49. The monoisotopic (exact) mass is 373 g/mol. The molecule has 0 bridgehead atoms. The molecule has 134 valence electrons. The molecule has 2 unspecified atom stereocenters. The lowest BCUT2D eigenvalue weighted by Gasteiger charge is -2.39. The molecule has 1 aromatic carbocycles. The fraction of sp³-hybridized carbons (Fsp3) is 0.353. The van der Waals surface area contributed by atoms with Gasteiger partial charge in [0.1, 0.15) is 12.3 Å². The maximum Gasteiger partial charge on any atom is 0.262 e. The summed E-state index contributed by atoms with van der Waals surface area (Å²) in [5.41, 5.74) is 1.27. The Morgan fingerprint density at radius 1 is 1.08 bits per heavy atom. The molecule has 3 aliphatic heterocycles. The van der Waals surface area contributed by atoms with E-state index in [9.17, 15) is 24.0 Å². The van der Waals surface area contributed by atoms with Crippen LogP contribution in [-0.4, -0.2) is 53.9 Å². The minimum absolute atomic E-state index is 0.0232. The van der Waals surface area contributed by atoms with Crippen molar-refractivity contribution < 1.29 is 24.0 Å². The first-order valence-corrected chi connectivity index (χ1v) is 8.83. The van der Waals surface area contributed by atoms with Crippen LogP contribution in [0.5, 0.6) is 0 Å². The van der Waals surface area contributed by atoms with Crippen molar-refractivity contribution in [1.82, 2.24) is 10.2 Å². The Bertz CT molecular complexity index is 877. The van der Waals surface area contributed by atoms with Gasteiger partial charge in [-0.05, 0) is 23.9 Å². The van der Waals surface area contributed by atoms with Crippen LogP contribution in [0, 0.1) is 5.92 Å². The first kappa shape index (κ1) is 16.8. The van der Waals surface area contributed by atoms with Crippen LogP contribution in [-0.2, 0) is 14.4 Å². The van der Waals surface area contributed by atoms with E-state index in [1.54, 1.807) is 12.1 Å². The molecule has 4 amide bonds. The number of fused-ring (bicyclic) bond motifs is 1. The first-order valence-electron chi connectivity index (χ1n) is 8.26. The molecule has 4 rings (SSSR count). The zero-order valence-electron chi connectivity index (χ0n) is 13.7. The van der Waals surface area contributed by atoms with E-state index < -0.39 is 29.7 Å². The molecular weight excluding hydrogens is 357 g/mol. The van der Waals surface area contributed by atoms with Crippen molar-refractivity contribution in [3.05, 3.63) is 23.3 Å². The van der Waals surface area contributed by atoms with Gasteiger partial charge < -0.3 is 9.69 Å². The quantitative estimate of drug-likeness (QED) is 0.424. The Balaban J connectivity index is 1.65. The fourth-order valence-electron chi connectivity index (χ4n) is 3.59. The average molecular weight is 373 g/mol. The molecule has 0 aliphatic carbocycles. The molecule has 8 nitrogen and oxygen atoms in total. The summed E-state index contributed by atoms with van der Waals surface area (Å²) < 4.78 is 0. The van der Waals surface area contributed by atoms with E-state index >= 15 is 0 Å². The number of imide groups is 2. The number of hydrogen-bond acceptors (Lipinski definition) is 6. The highest BCUT2D eigenvalue weighted by atomic mass is 31.0. The normalized spacial score (nSPS) is 23.0. The van der Waals surface area contributed by atoms with Gasteiger partial charge in [-0.2, -0.15) is 0 Å². The Morgan fingerprint density at radius 2 is 1.73 bits per heavy atom. The number of carbonyl (C=O) groups excluding carboxylic acids is 5. The van der Waals surface area contributed by atoms with Gasteiger partial charge in [0.2, 0.25) is 11.8 Å². The van der Waals surface area contributed by atoms with Gasteiger partial charge in [0.15, 0.2) is 0 Å². The maximum absolute atomic E-state index is 12.8. The van der Waals surface area contributed by atoms with E-state index in [0.29, 0.717) is 13.1 Å². The predicted octanol–water partition coefficient (Wildman–Crippen LogP) is -0.777. The second-order valence-electron chi connectivity index (χ2n) is 6.70. The van der Waals surface area contributed by atoms with Gasteiger partial charge in [-0.3, -0.25) is 29.4 Å². The molecule has 3 heterocycles. The summed E-state index contributed by atoms with van der Waals surface area (Å²) in [7, 11) is 2.54. The van der Waals surface area contributed by atoms with E-state index in [2.05, 4.69) is 14.6 Å². The van der Waals surface area contributed by atoms with Gasteiger partial charge in [0.25, 0.3) is 11.8 Å². The van der Waals surface area contributed by atoms with Crippen molar-refractivity contribution in [3.63, 3.8) is 0 Å². The second kappa shape index (κ2) is 5.99. The number of nitrogens with one attached hydrogen (secondary N) is 1. The second-order valence-corrected chi connectivity index (χ2v) is 7.33. The molecule has 26 heavy (non-hydrogen) atoms. The van der Waals surface area contributed by atoms with Gasteiger partial charge in [-0.1, -0.05) is 0 Å². The van der Waals surface area contributed by atoms with Crippen molar-refractivity contribution in [1.29, 1.82) is 0 Å². The minimum atomic E-state index is -0.972. The molecule has 2 saturated heterocycles. The topological polar surface area (TPSA) is 104 Å². The van der Waals surface area contributed by atoms with Gasteiger partial charge in [-0.25, -0.2) is 0 Å². The van der Waals surface area contributed by atoms with Crippen LogP contribution in [0.4, 0.5) is 5.69 Å². The number of piperidine rings is 1. The fourth-order valence-corrected chi connectivity index (χ4v) is 4.02. The molecule has 1 aromatic rings. The highest BCUT2D eigenvalue weighted by Gasteiger charge is 2.45. The summed E-state index contributed by atoms with van der Waals surface area (Å²) >= 11 is 0. The lowest BCUT2D eigenvalue weighted by atomic mass is 9.99. The van der Waals surface area contributed by atoms with Crippen LogP contribution in [0.15, 0.2) is 12.1 Å². The summed E-state index contributed by atoms with van der Waals surface area (Å²) in [6.07, 6.45) is 1.13. The number of hydrogen-bond donors (Lipinski definition) is 1. The van der Waals surface area contributed by atoms with Crippen LogP contribution in [0.1, 0.15) is 33.6 Å².